The fourth-order valence-electron chi connectivity index (χ4n) is 1.18. The van der Waals surface area contributed by atoms with Crippen LogP contribution < -0.4 is 5.32 Å². The number of aliphatic imine (C=N–C) groups is 1. The van der Waals surface area contributed by atoms with Crippen LogP contribution in [0.2, 0.25) is 0 Å². The fourth-order valence-corrected chi connectivity index (χ4v) is 2.46. The zero-order valence-electron chi connectivity index (χ0n) is 9.91. The van der Waals surface area contributed by atoms with Crippen molar-refractivity contribution in [2.24, 2.45) is 4.99 Å². The molecule has 0 aliphatic rings. The average Bonchev–Trinajstić information content (AvgIpc) is 2.33. The number of hydrogen-bond acceptors (Lipinski definition) is 5. The van der Waals surface area contributed by atoms with Crippen LogP contribution in [0.3, 0.4) is 0 Å². The van der Waals surface area contributed by atoms with Crippen LogP contribution >= 0.6 is 11.8 Å². The first-order chi connectivity index (χ1) is 8.54. The highest BCUT2D eigenvalue weighted by molar-refractivity contribution is 8.01. The van der Waals surface area contributed by atoms with Crippen LogP contribution in [-0.4, -0.2) is 42.5 Å². The van der Waals surface area contributed by atoms with Gasteiger partial charge in [-0.1, -0.05) is 6.07 Å². The highest BCUT2D eigenvalue weighted by Gasteiger charge is 2.13. The van der Waals surface area contributed by atoms with E-state index in [-0.39, 0.29) is 0 Å². The van der Waals surface area contributed by atoms with E-state index in [1.165, 1.54) is 7.05 Å². The van der Waals surface area contributed by atoms with Gasteiger partial charge in [-0.25, -0.2) is 0 Å². The molecule has 0 saturated carbocycles. The molecule has 8 heteroatoms. The average molecular weight is 289 g/mol. The summed E-state index contributed by atoms with van der Waals surface area (Å²) >= 11 is 1.61. The van der Waals surface area contributed by atoms with E-state index >= 15 is 0 Å². The normalized spacial score (nSPS) is 12.4. The minimum Gasteiger partial charge on any atom is -0.358 e. The van der Waals surface area contributed by atoms with Crippen LogP contribution in [-0.2, 0) is 15.9 Å². The number of nitrogens with one attached hydrogen (secondary N) is 1. The predicted octanol–water partition coefficient (Wildman–Crippen LogP) is 0.778. The molecule has 0 radical (unpaired) electrons. The van der Waals surface area contributed by atoms with Gasteiger partial charge >= 0.3 is 10.1 Å². The highest BCUT2D eigenvalue weighted by Crippen LogP contribution is 2.08. The molecule has 0 amide bonds. The van der Waals surface area contributed by atoms with Gasteiger partial charge in [-0.05, 0) is 12.1 Å². The minimum atomic E-state index is -4.24. The molecule has 1 aromatic heterocycles. The number of amidine groups is 1. The second-order valence-corrected chi connectivity index (χ2v) is 5.75. The van der Waals surface area contributed by atoms with E-state index in [0.717, 1.165) is 11.4 Å². The largest absolute Gasteiger partial charge is 0.358 e. The number of pyridine rings is 1. The summed E-state index contributed by atoms with van der Waals surface area (Å²) in [5.41, 5.74) is 0.974. The lowest BCUT2D eigenvalue weighted by Crippen LogP contribution is -2.32. The third kappa shape index (κ3) is 5.48. The van der Waals surface area contributed by atoms with Gasteiger partial charge in [0, 0.05) is 31.3 Å². The van der Waals surface area contributed by atoms with Crippen molar-refractivity contribution in [3.05, 3.63) is 30.1 Å². The molecule has 0 aromatic carbocycles. The number of hydrogen-bond donors (Lipinski definition) is 2. The van der Waals surface area contributed by atoms with Crippen molar-refractivity contribution in [1.82, 2.24) is 10.3 Å². The van der Waals surface area contributed by atoms with E-state index in [4.69, 9.17) is 4.55 Å². The third-order valence-corrected chi connectivity index (χ3v) is 3.75. The molecule has 0 aliphatic carbocycles. The van der Waals surface area contributed by atoms with E-state index < -0.39 is 15.3 Å². The molecule has 0 fully saturated rings. The molecule has 0 aliphatic heterocycles. The Morgan fingerprint density at radius 3 is 2.89 bits per heavy atom. The van der Waals surface area contributed by atoms with Gasteiger partial charge in [0.05, 0.1) is 5.69 Å². The number of rotatable bonds is 5. The lowest BCUT2D eigenvalue weighted by molar-refractivity contribution is 0.496. The summed E-state index contributed by atoms with van der Waals surface area (Å²) < 4.78 is 30.4. The molecule has 0 saturated heterocycles. The molecule has 0 spiro atoms. The number of aromatic nitrogens is 1. The van der Waals surface area contributed by atoms with Crippen LogP contribution in [0.15, 0.2) is 29.4 Å². The SMILES string of the molecule is CN=C(NCCSCc1ccccn1)S(=O)(=O)O. The quantitative estimate of drug-likeness (QED) is 0.360. The monoisotopic (exact) mass is 289 g/mol. The van der Waals surface area contributed by atoms with Crippen LogP contribution in [0.25, 0.3) is 0 Å². The highest BCUT2D eigenvalue weighted by atomic mass is 32.2. The summed E-state index contributed by atoms with van der Waals surface area (Å²) in [4.78, 5) is 7.63. The van der Waals surface area contributed by atoms with Gasteiger partial charge in [-0.15, -0.1) is 0 Å². The lowest BCUT2D eigenvalue weighted by Gasteiger charge is -2.06. The summed E-state index contributed by atoms with van der Waals surface area (Å²) in [6, 6.07) is 5.70. The molecular weight excluding hydrogens is 274 g/mol. The summed E-state index contributed by atoms with van der Waals surface area (Å²) in [5.74, 6) is 1.44. The van der Waals surface area contributed by atoms with Crippen molar-refractivity contribution in [2.75, 3.05) is 19.3 Å². The van der Waals surface area contributed by atoms with Crippen molar-refractivity contribution in [3.63, 3.8) is 0 Å². The molecule has 0 atom stereocenters. The zero-order valence-corrected chi connectivity index (χ0v) is 11.5. The van der Waals surface area contributed by atoms with Gasteiger partial charge in [0.15, 0.2) is 0 Å². The second kappa shape index (κ2) is 7.34. The van der Waals surface area contributed by atoms with Crippen molar-refractivity contribution in [3.8, 4) is 0 Å². The molecule has 100 valence electrons. The Labute approximate surface area is 111 Å². The summed E-state index contributed by atoms with van der Waals surface area (Å²) in [6.07, 6.45) is 1.73. The van der Waals surface area contributed by atoms with Crippen LogP contribution in [0.4, 0.5) is 0 Å². The Bertz CT molecular complexity index is 488. The molecule has 6 nitrogen and oxygen atoms in total. The maximum Gasteiger partial charge on any atom is 0.327 e. The number of thioether (sulfide) groups is 1. The maximum absolute atomic E-state index is 10.8. The Balaban J connectivity index is 2.24. The first-order valence-corrected chi connectivity index (χ1v) is 7.79. The second-order valence-electron chi connectivity index (χ2n) is 3.30. The topological polar surface area (TPSA) is 91.7 Å². The van der Waals surface area contributed by atoms with Crippen molar-refractivity contribution >= 4 is 27.0 Å². The maximum atomic E-state index is 10.8. The molecule has 0 unspecified atom stereocenters. The minimum absolute atomic E-state index is 0.402. The Hall–Kier alpha value is -1.12. The van der Waals surface area contributed by atoms with E-state index in [1.807, 2.05) is 18.2 Å². The first kappa shape index (κ1) is 14.9. The first-order valence-electron chi connectivity index (χ1n) is 5.20. The molecule has 1 rings (SSSR count). The van der Waals surface area contributed by atoms with Crippen LogP contribution in [0.1, 0.15) is 5.69 Å². The summed E-state index contributed by atoms with van der Waals surface area (Å²) in [5, 5.41) is 2.16. The van der Waals surface area contributed by atoms with E-state index in [2.05, 4.69) is 15.3 Å². The molecule has 1 aromatic rings. The number of nitrogens with zero attached hydrogens (tertiary/aromatic N) is 2. The fraction of sp³-hybridized carbons (Fsp3) is 0.400. The van der Waals surface area contributed by atoms with Crippen LogP contribution in [0, 0.1) is 0 Å². The van der Waals surface area contributed by atoms with Gasteiger partial charge in [0.1, 0.15) is 0 Å². The molecular formula is C10H15N3O3S2. The third-order valence-electron chi connectivity index (χ3n) is 1.95. The van der Waals surface area contributed by atoms with Crippen LogP contribution in [0.5, 0.6) is 0 Å². The van der Waals surface area contributed by atoms with Gasteiger partial charge in [0.25, 0.3) is 0 Å². The Morgan fingerprint density at radius 1 is 1.56 bits per heavy atom. The molecule has 0 bridgehead atoms. The van der Waals surface area contributed by atoms with Gasteiger partial charge in [0.2, 0.25) is 5.17 Å². The van der Waals surface area contributed by atoms with Gasteiger partial charge in [-0.3, -0.25) is 14.5 Å². The van der Waals surface area contributed by atoms with E-state index in [1.54, 1.807) is 18.0 Å². The molecule has 1 heterocycles. The summed E-state index contributed by atoms with van der Waals surface area (Å²) in [6.45, 7) is 0.407. The molecule has 2 N–H and O–H groups in total. The standard InChI is InChI=1S/C10H15N3O3S2/c1-11-10(18(14,15)16)13-6-7-17-8-9-4-2-3-5-12-9/h2-5H,6-8H2,1H3,(H,11,13)(H,14,15,16). The van der Waals surface area contributed by atoms with Crippen molar-refractivity contribution in [2.45, 2.75) is 5.75 Å². The van der Waals surface area contributed by atoms with Gasteiger partial charge < -0.3 is 5.32 Å². The molecule has 18 heavy (non-hydrogen) atoms. The predicted molar refractivity (Wildman–Crippen MR) is 73.3 cm³/mol. The van der Waals surface area contributed by atoms with Crippen molar-refractivity contribution in [1.29, 1.82) is 0 Å². The lowest BCUT2D eigenvalue weighted by atomic mass is 10.4. The summed E-state index contributed by atoms with van der Waals surface area (Å²) in [7, 11) is -2.93. The van der Waals surface area contributed by atoms with Crippen molar-refractivity contribution < 1.29 is 13.0 Å². The zero-order chi connectivity index (χ0) is 13.4. The van der Waals surface area contributed by atoms with E-state index in [9.17, 15) is 8.42 Å². The van der Waals surface area contributed by atoms with E-state index in [0.29, 0.717) is 12.3 Å². The van der Waals surface area contributed by atoms with Gasteiger partial charge in [-0.2, -0.15) is 20.2 Å². The Morgan fingerprint density at radius 2 is 2.33 bits per heavy atom. The Kier molecular flexibility index (Phi) is 6.10. The smallest absolute Gasteiger partial charge is 0.327 e.